The fraction of sp³-hybridized carbons (Fsp3) is 0.0769. The second kappa shape index (κ2) is 5.55. The Morgan fingerprint density at radius 2 is 1.89 bits per heavy atom. The highest BCUT2D eigenvalue weighted by atomic mass is 35.5. The van der Waals surface area contributed by atoms with E-state index < -0.39 is 5.82 Å². The molecule has 0 bridgehead atoms. The number of anilines is 3. The number of hydrogen-bond donors (Lipinski definition) is 2. The third-order valence-corrected chi connectivity index (χ3v) is 3.09. The summed E-state index contributed by atoms with van der Waals surface area (Å²) in [5.74, 6) is -0.433. The molecule has 6 heteroatoms. The maximum absolute atomic E-state index is 13.4. The zero-order valence-corrected chi connectivity index (χ0v) is 11.5. The van der Waals surface area contributed by atoms with Crippen molar-refractivity contribution in [2.75, 3.05) is 18.2 Å². The first kappa shape index (κ1) is 13.8. The Bertz CT molecular complexity index is 620. The minimum Gasteiger partial charge on any atom is -0.494 e. The van der Waals surface area contributed by atoms with Gasteiger partial charge in [-0.1, -0.05) is 23.2 Å². The normalized spacial score (nSPS) is 10.3. The number of ether oxygens (including phenoxy) is 1. The van der Waals surface area contributed by atoms with Crippen molar-refractivity contribution < 1.29 is 9.13 Å². The fourth-order valence-electron chi connectivity index (χ4n) is 1.57. The molecule has 0 saturated heterocycles. The molecule has 3 N–H and O–H groups in total. The molecule has 0 aromatic heterocycles. The summed E-state index contributed by atoms with van der Waals surface area (Å²) >= 11 is 11.9. The molecule has 0 amide bonds. The van der Waals surface area contributed by atoms with Crippen molar-refractivity contribution in [2.24, 2.45) is 0 Å². The van der Waals surface area contributed by atoms with Crippen molar-refractivity contribution in [3.05, 3.63) is 46.2 Å². The van der Waals surface area contributed by atoms with Crippen molar-refractivity contribution in [1.82, 2.24) is 0 Å². The molecule has 0 heterocycles. The highest BCUT2D eigenvalue weighted by molar-refractivity contribution is 6.35. The summed E-state index contributed by atoms with van der Waals surface area (Å²) < 4.78 is 18.3. The summed E-state index contributed by atoms with van der Waals surface area (Å²) in [7, 11) is 1.38. The standard InChI is InChI=1S/C13H11Cl2FN2O/c1-19-13-6-12(10(17)5-9(13)16)18-11-4-7(14)2-3-8(11)15/h2-6,18H,17H2,1H3. The lowest BCUT2D eigenvalue weighted by molar-refractivity contribution is 0.387. The summed E-state index contributed by atoms with van der Waals surface area (Å²) in [6.45, 7) is 0. The van der Waals surface area contributed by atoms with Crippen LogP contribution in [0, 0.1) is 5.82 Å². The van der Waals surface area contributed by atoms with E-state index in [2.05, 4.69) is 5.32 Å². The van der Waals surface area contributed by atoms with Crippen LogP contribution >= 0.6 is 23.2 Å². The molecule has 0 spiro atoms. The molecule has 0 unspecified atom stereocenters. The topological polar surface area (TPSA) is 47.3 Å². The molecule has 0 atom stereocenters. The van der Waals surface area contributed by atoms with Crippen LogP contribution < -0.4 is 15.8 Å². The van der Waals surface area contributed by atoms with Crippen LogP contribution in [-0.2, 0) is 0 Å². The van der Waals surface area contributed by atoms with Crippen molar-refractivity contribution in [3.8, 4) is 5.75 Å². The third-order valence-electron chi connectivity index (χ3n) is 2.52. The number of rotatable bonds is 3. The number of halogens is 3. The van der Waals surface area contributed by atoms with Crippen molar-refractivity contribution in [2.45, 2.75) is 0 Å². The molecular formula is C13H11Cl2FN2O. The Balaban J connectivity index is 2.40. The molecule has 19 heavy (non-hydrogen) atoms. The maximum atomic E-state index is 13.4. The lowest BCUT2D eigenvalue weighted by atomic mass is 10.2. The van der Waals surface area contributed by atoms with Crippen LogP contribution in [-0.4, -0.2) is 7.11 Å². The van der Waals surface area contributed by atoms with E-state index in [1.807, 2.05) is 0 Å². The van der Waals surface area contributed by atoms with Gasteiger partial charge in [0.2, 0.25) is 0 Å². The van der Waals surface area contributed by atoms with E-state index in [0.717, 1.165) is 0 Å². The molecule has 0 saturated carbocycles. The quantitative estimate of drug-likeness (QED) is 0.822. The fourth-order valence-corrected chi connectivity index (χ4v) is 1.91. The molecule has 0 fully saturated rings. The summed E-state index contributed by atoms with van der Waals surface area (Å²) in [6.07, 6.45) is 0. The van der Waals surface area contributed by atoms with E-state index in [1.165, 1.54) is 19.2 Å². The molecule has 2 rings (SSSR count). The second-order valence-electron chi connectivity index (χ2n) is 3.82. The number of methoxy groups -OCH3 is 1. The lowest BCUT2D eigenvalue weighted by Gasteiger charge is -2.13. The van der Waals surface area contributed by atoms with Crippen LogP contribution in [0.5, 0.6) is 5.75 Å². The Morgan fingerprint density at radius 1 is 1.16 bits per heavy atom. The summed E-state index contributed by atoms with van der Waals surface area (Å²) in [6, 6.07) is 7.62. The van der Waals surface area contributed by atoms with Gasteiger partial charge in [-0.05, 0) is 18.2 Å². The van der Waals surface area contributed by atoms with Gasteiger partial charge in [0.15, 0.2) is 11.6 Å². The Hall–Kier alpha value is -1.65. The summed E-state index contributed by atoms with van der Waals surface area (Å²) in [4.78, 5) is 0. The van der Waals surface area contributed by atoms with Crippen molar-refractivity contribution >= 4 is 40.3 Å². The van der Waals surface area contributed by atoms with Crippen LogP contribution in [0.2, 0.25) is 10.0 Å². The van der Waals surface area contributed by atoms with Crippen molar-refractivity contribution in [3.63, 3.8) is 0 Å². The first-order valence-corrected chi connectivity index (χ1v) is 6.12. The summed E-state index contributed by atoms with van der Waals surface area (Å²) in [5, 5.41) is 4.00. The monoisotopic (exact) mass is 300 g/mol. The predicted molar refractivity (Wildman–Crippen MR) is 77.1 cm³/mol. The van der Waals surface area contributed by atoms with Gasteiger partial charge in [-0.2, -0.15) is 0 Å². The van der Waals surface area contributed by atoms with Gasteiger partial charge in [-0.15, -0.1) is 0 Å². The van der Waals surface area contributed by atoms with Gasteiger partial charge in [-0.25, -0.2) is 4.39 Å². The van der Waals surface area contributed by atoms with E-state index in [9.17, 15) is 4.39 Å². The zero-order valence-electron chi connectivity index (χ0n) is 10.0. The average Bonchev–Trinajstić information content (AvgIpc) is 2.37. The number of hydrogen-bond acceptors (Lipinski definition) is 3. The van der Waals surface area contributed by atoms with Crippen molar-refractivity contribution in [1.29, 1.82) is 0 Å². The van der Waals surface area contributed by atoms with E-state index in [4.69, 9.17) is 33.7 Å². The summed E-state index contributed by atoms with van der Waals surface area (Å²) in [5.41, 5.74) is 7.06. The van der Waals surface area contributed by atoms with Gasteiger partial charge < -0.3 is 15.8 Å². The lowest BCUT2D eigenvalue weighted by Crippen LogP contribution is -1.99. The third kappa shape index (κ3) is 3.03. The molecule has 2 aromatic rings. The zero-order chi connectivity index (χ0) is 14.0. The van der Waals surface area contributed by atoms with Crippen LogP contribution in [0.1, 0.15) is 0 Å². The van der Waals surface area contributed by atoms with Gasteiger partial charge in [-0.3, -0.25) is 0 Å². The molecule has 0 aliphatic rings. The van der Waals surface area contributed by atoms with E-state index in [-0.39, 0.29) is 11.4 Å². The van der Waals surface area contributed by atoms with Gasteiger partial charge in [0.05, 0.1) is 29.2 Å². The minimum atomic E-state index is -0.525. The predicted octanol–water partition coefficient (Wildman–Crippen LogP) is 4.47. The molecule has 100 valence electrons. The molecule has 0 radical (unpaired) electrons. The van der Waals surface area contributed by atoms with Gasteiger partial charge in [0.25, 0.3) is 0 Å². The van der Waals surface area contributed by atoms with Gasteiger partial charge in [0.1, 0.15) is 0 Å². The number of nitrogens with two attached hydrogens (primary N) is 1. The van der Waals surface area contributed by atoms with Gasteiger partial charge >= 0.3 is 0 Å². The van der Waals surface area contributed by atoms with E-state index in [1.54, 1.807) is 18.2 Å². The van der Waals surface area contributed by atoms with Crippen LogP contribution in [0.25, 0.3) is 0 Å². The maximum Gasteiger partial charge on any atom is 0.167 e. The first-order chi connectivity index (χ1) is 9.01. The second-order valence-corrected chi connectivity index (χ2v) is 4.67. The average molecular weight is 301 g/mol. The van der Waals surface area contributed by atoms with Crippen LogP contribution in [0.4, 0.5) is 21.5 Å². The Morgan fingerprint density at radius 3 is 2.58 bits per heavy atom. The van der Waals surface area contributed by atoms with Crippen LogP contribution in [0.15, 0.2) is 30.3 Å². The molecule has 0 aliphatic carbocycles. The Kier molecular flexibility index (Phi) is 4.02. The Labute approximate surface area is 120 Å². The number of nitrogens with one attached hydrogen (secondary N) is 1. The number of benzene rings is 2. The first-order valence-electron chi connectivity index (χ1n) is 5.36. The molecule has 3 nitrogen and oxygen atoms in total. The number of nitrogen functional groups attached to an aromatic ring is 1. The van der Waals surface area contributed by atoms with E-state index in [0.29, 0.717) is 21.4 Å². The SMILES string of the molecule is COc1cc(Nc2cc(Cl)ccc2Cl)c(N)cc1F. The largest absolute Gasteiger partial charge is 0.494 e. The van der Waals surface area contributed by atoms with Gasteiger partial charge in [0, 0.05) is 17.2 Å². The molecule has 2 aromatic carbocycles. The highest BCUT2D eigenvalue weighted by Crippen LogP contribution is 2.33. The highest BCUT2D eigenvalue weighted by Gasteiger charge is 2.10. The minimum absolute atomic E-state index is 0.0925. The van der Waals surface area contributed by atoms with E-state index >= 15 is 0 Å². The molecular weight excluding hydrogens is 290 g/mol. The van der Waals surface area contributed by atoms with Crippen LogP contribution in [0.3, 0.4) is 0 Å². The smallest absolute Gasteiger partial charge is 0.167 e. The molecule has 0 aliphatic heterocycles.